The van der Waals surface area contributed by atoms with Crippen molar-refractivity contribution in [3.05, 3.63) is 29.8 Å². The Morgan fingerprint density at radius 3 is 2.15 bits per heavy atom. The fourth-order valence-corrected chi connectivity index (χ4v) is 4.08. The summed E-state index contributed by atoms with van der Waals surface area (Å²) in [5.74, 6) is 2.06. The zero-order valence-corrected chi connectivity index (χ0v) is 22.8. The standard InChI is InChI=1S/C24H39N5O3.HI/c1-24(2,3)32-23(30)29-15-13-28(14-16-29)22(25)26-17-19-9-11-27(12-10-19)18-20-5-7-21(31-4)8-6-20;/h5-8,19H,9-18H2,1-4H3,(H2,25,26);1H. The van der Waals surface area contributed by atoms with E-state index in [1.165, 1.54) is 5.56 Å². The molecule has 0 saturated carbocycles. The van der Waals surface area contributed by atoms with Crippen molar-refractivity contribution in [1.29, 1.82) is 0 Å². The van der Waals surface area contributed by atoms with Gasteiger partial charge < -0.3 is 25.0 Å². The first-order chi connectivity index (χ1) is 15.2. The summed E-state index contributed by atoms with van der Waals surface area (Å²) in [5.41, 5.74) is 7.11. The van der Waals surface area contributed by atoms with Crippen LogP contribution in [0.5, 0.6) is 5.75 Å². The first-order valence-electron chi connectivity index (χ1n) is 11.6. The van der Waals surface area contributed by atoms with Gasteiger partial charge in [-0.05, 0) is 70.3 Å². The van der Waals surface area contributed by atoms with Crippen LogP contribution in [-0.4, -0.2) is 85.3 Å². The lowest BCUT2D eigenvalue weighted by molar-refractivity contribution is 0.0186. The van der Waals surface area contributed by atoms with Gasteiger partial charge in [-0.15, -0.1) is 24.0 Å². The van der Waals surface area contributed by atoms with Crippen LogP contribution in [0.4, 0.5) is 4.79 Å². The summed E-state index contributed by atoms with van der Waals surface area (Å²) in [6.45, 7) is 12.2. The van der Waals surface area contributed by atoms with Crippen molar-refractivity contribution in [3.63, 3.8) is 0 Å². The van der Waals surface area contributed by atoms with Crippen LogP contribution in [0, 0.1) is 5.92 Å². The van der Waals surface area contributed by atoms with E-state index in [1.807, 2.05) is 32.9 Å². The summed E-state index contributed by atoms with van der Waals surface area (Å²) < 4.78 is 10.7. The molecule has 2 heterocycles. The molecule has 33 heavy (non-hydrogen) atoms. The minimum absolute atomic E-state index is 0. The van der Waals surface area contributed by atoms with Crippen molar-refractivity contribution < 1.29 is 14.3 Å². The third-order valence-corrected chi connectivity index (χ3v) is 6.04. The fourth-order valence-electron chi connectivity index (χ4n) is 4.08. The number of amides is 1. The highest BCUT2D eigenvalue weighted by Crippen LogP contribution is 2.20. The van der Waals surface area contributed by atoms with Gasteiger partial charge in [0.05, 0.1) is 7.11 Å². The van der Waals surface area contributed by atoms with Gasteiger partial charge in [-0.2, -0.15) is 0 Å². The number of carbonyl (C=O) groups excluding carboxylic acids is 1. The van der Waals surface area contributed by atoms with Gasteiger partial charge in [-0.25, -0.2) is 4.79 Å². The van der Waals surface area contributed by atoms with Crippen molar-refractivity contribution in [3.8, 4) is 5.75 Å². The van der Waals surface area contributed by atoms with Gasteiger partial charge in [-0.1, -0.05) is 12.1 Å². The zero-order valence-electron chi connectivity index (χ0n) is 20.5. The van der Waals surface area contributed by atoms with Crippen LogP contribution in [0.3, 0.4) is 0 Å². The number of nitrogens with two attached hydrogens (primary N) is 1. The predicted octanol–water partition coefficient (Wildman–Crippen LogP) is 3.39. The van der Waals surface area contributed by atoms with E-state index in [0.29, 0.717) is 38.1 Å². The quantitative estimate of drug-likeness (QED) is 0.331. The molecule has 2 aliphatic heterocycles. The molecule has 2 aliphatic rings. The molecule has 2 saturated heterocycles. The Balaban J connectivity index is 0.00000385. The van der Waals surface area contributed by atoms with Crippen molar-refractivity contribution >= 4 is 36.0 Å². The van der Waals surface area contributed by atoms with Gasteiger partial charge in [0.25, 0.3) is 0 Å². The van der Waals surface area contributed by atoms with Crippen LogP contribution < -0.4 is 10.5 Å². The summed E-state index contributed by atoms with van der Waals surface area (Å²) in [5, 5.41) is 0. The summed E-state index contributed by atoms with van der Waals surface area (Å²) in [6, 6.07) is 8.32. The molecule has 0 aliphatic carbocycles. The Labute approximate surface area is 215 Å². The molecule has 0 aromatic heterocycles. The molecule has 0 spiro atoms. The van der Waals surface area contributed by atoms with Crippen LogP contribution in [0.25, 0.3) is 0 Å². The second kappa shape index (κ2) is 12.6. The second-order valence-electron chi connectivity index (χ2n) is 9.72. The molecule has 186 valence electrons. The Morgan fingerprint density at radius 2 is 1.61 bits per heavy atom. The van der Waals surface area contributed by atoms with Gasteiger partial charge in [0.2, 0.25) is 0 Å². The molecular weight excluding hydrogens is 533 g/mol. The number of rotatable bonds is 5. The molecule has 8 nitrogen and oxygen atoms in total. The normalized spacial score (nSPS) is 18.6. The molecule has 0 atom stereocenters. The van der Waals surface area contributed by atoms with Crippen LogP contribution in [-0.2, 0) is 11.3 Å². The van der Waals surface area contributed by atoms with Gasteiger partial charge >= 0.3 is 6.09 Å². The van der Waals surface area contributed by atoms with Gasteiger partial charge in [0.15, 0.2) is 5.96 Å². The summed E-state index contributed by atoms with van der Waals surface area (Å²) in [4.78, 5) is 23.2. The molecule has 1 aromatic rings. The Morgan fingerprint density at radius 1 is 1.03 bits per heavy atom. The largest absolute Gasteiger partial charge is 0.497 e. The number of guanidine groups is 1. The summed E-state index contributed by atoms with van der Waals surface area (Å²) in [7, 11) is 1.69. The van der Waals surface area contributed by atoms with Crippen LogP contribution in [0.1, 0.15) is 39.2 Å². The molecule has 0 unspecified atom stereocenters. The van der Waals surface area contributed by atoms with Gasteiger partial charge in [-0.3, -0.25) is 9.89 Å². The van der Waals surface area contributed by atoms with Crippen molar-refractivity contribution in [2.24, 2.45) is 16.6 Å². The van der Waals surface area contributed by atoms with Gasteiger partial charge in [0.1, 0.15) is 11.4 Å². The van der Waals surface area contributed by atoms with E-state index in [9.17, 15) is 4.79 Å². The van der Waals surface area contributed by atoms with E-state index in [4.69, 9.17) is 15.2 Å². The zero-order chi connectivity index (χ0) is 23.1. The molecule has 9 heteroatoms. The Bertz CT molecular complexity index is 765. The number of piperidine rings is 1. The van der Waals surface area contributed by atoms with E-state index in [2.05, 4.69) is 26.9 Å². The highest BCUT2D eigenvalue weighted by molar-refractivity contribution is 14.0. The van der Waals surface area contributed by atoms with Crippen LogP contribution in [0.2, 0.25) is 0 Å². The lowest BCUT2D eigenvalue weighted by atomic mass is 9.96. The third kappa shape index (κ3) is 8.84. The number of likely N-dealkylation sites (tertiary alicyclic amines) is 1. The average Bonchev–Trinajstić information content (AvgIpc) is 2.78. The molecule has 0 radical (unpaired) electrons. The first-order valence-corrected chi connectivity index (χ1v) is 11.6. The lowest BCUT2D eigenvalue weighted by Crippen LogP contribution is -2.53. The SMILES string of the molecule is COc1ccc(CN2CCC(CN=C(N)N3CCN(C(=O)OC(C)(C)C)CC3)CC2)cc1.I. The number of methoxy groups -OCH3 is 1. The topological polar surface area (TPSA) is 83.6 Å². The average molecular weight is 574 g/mol. The molecule has 1 amide bonds. The first kappa shape index (κ1) is 27.5. The molecular formula is C24H40IN5O3. The molecule has 2 N–H and O–H groups in total. The van der Waals surface area contributed by atoms with Crippen molar-refractivity contribution in [1.82, 2.24) is 14.7 Å². The predicted molar refractivity (Wildman–Crippen MR) is 142 cm³/mol. The maximum absolute atomic E-state index is 12.2. The number of aliphatic imine (C=N–C) groups is 1. The van der Waals surface area contributed by atoms with Crippen LogP contribution in [0.15, 0.2) is 29.3 Å². The van der Waals surface area contributed by atoms with Gasteiger partial charge in [0, 0.05) is 39.3 Å². The number of ether oxygens (including phenoxy) is 2. The highest BCUT2D eigenvalue weighted by atomic mass is 127. The number of hydrogen-bond donors (Lipinski definition) is 1. The van der Waals surface area contributed by atoms with E-state index >= 15 is 0 Å². The minimum Gasteiger partial charge on any atom is -0.497 e. The molecule has 0 bridgehead atoms. The van der Waals surface area contributed by atoms with Crippen molar-refractivity contribution in [2.75, 3.05) is 52.9 Å². The van der Waals surface area contributed by atoms with E-state index < -0.39 is 5.60 Å². The third-order valence-electron chi connectivity index (χ3n) is 6.04. The highest BCUT2D eigenvalue weighted by Gasteiger charge is 2.26. The maximum atomic E-state index is 12.2. The molecule has 3 rings (SSSR count). The molecule has 1 aromatic carbocycles. The van der Waals surface area contributed by atoms with Crippen LogP contribution >= 0.6 is 24.0 Å². The summed E-state index contributed by atoms with van der Waals surface area (Å²) in [6.07, 6.45) is 2.02. The summed E-state index contributed by atoms with van der Waals surface area (Å²) >= 11 is 0. The maximum Gasteiger partial charge on any atom is 0.410 e. The number of hydrogen-bond acceptors (Lipinski definition) is 5. The molecule has 2 fully saturated rings. The number of halogens is 1. The van der Waals surface area contributed by atoms with E-state index in [0.717, 1.165) is 44.8 Å². The Hall–Kier alpha value is -1.75. The minimum atomic E-state index is -0.473. The number of nitrogens with zero attached hydrogens (tertiary/aromatic N) is 4. The Kier molecular flexibility index (Phi) is 10.5. The van der Waals surface area contributed by atoms with E-state index in [-0.39, 0.29) is 30.1 Å². The van der Waals surface area contributed by atoms with E-state index in [1.54, 1.807) is 12.0 Å². The second-order valence-corrected chi connectivity index (χ2v) is 9.72. The lowest BCUT2D eigenvalue weighted by Gasteiger charge is -2.36. The number of carbonyl (C=O) groups is 1. The number of benzene rings is 1. The number of piperazine rings is 1. The monoisotopic (exact) mass is 573 g/mol. The smallest absolute Gasteiger partial charge is 0.410 e. The van der Waals surface area contributed by atoms with Crippen molar-refractivity contribution in [2.45, 2.75) is 45.8 Å². The fraction of sp³-hybridized carbons (Fsp3) is 0.667.